The second-order valence-corrected chi connectivity index (χ2v) is 5.91. The van der Waals surface area contributed by atoms with Gasteiger partial charge in [-0.1, -0.05) is 37.3 Å². The fraction of sp³-hybridized carbons (Fsp3) is 0.444. The van der Waals surface area contributed by atoms with Gasteiger partial charge in [-0.05, 0) is 43.7 Å². The van der Waals surface area contributed by atoms with Gasteiger partial charge in [0.05, 0.1) is 11.4 Å². The van der Waals surface area contributed by atoms with Crippen molar-refractivity contribution in [1.82, 2.24) is 0 Å². The Bertz CT molecular complexity index is 504. The van der Waals surface area contributed by atoms with Gasteiger partial charge in [-0.15, -0.1) is 0 Å². The Morgan fingerprint density at radius 3 is 2.80 bits per heavy atom. The number of nitrogens with one attached hydrogen (secondary N) is 2. The van der Waals surface area contributed by atoms with E-state index in [2.05, 4.69) is 53.6 Å². The number of rotatable bonds is 0. The molecule has 0 spiro atoms. The number of benzene rings is 1. The fourth-order valence-corrected chi connectivity index (χ4v) is 2.90. The molecular weight excluding hydrogens is 244 g/mol. The van der Waals surface area contributed by atoms with Crippen LogP contribution in [0.3, 0.4) is 0 Å². The lowest BCUT2D eigenvalue weighted by molar-refractivity contribution is 0.706. The van der Waals surface area contributed by atoms with Crippen molar-refractivity contribution in [2.24, 2.45) is 11.8 Å². The summed E-state index contributed by atoms with van der Waals surface area (Å²) >= 11 is 0. The minimum Gasteiger partial charge on any atom is -0.383 e. The topological polar surface area (TPSA) is 24.1 Å². The van der Waals surface area contributed by atoms with Gasteiger partial charge in [-0.3, -0.25) is 0 Å². The summed E-state index contributed by atoms with van der Waals surface area (Å²) in [5.41, 5.74) is 3.51. The van der Waals surface area contributed by atoms with Gasteiger partial charge in [-0.2, -0.15) is 0 Å². The highest BCUT2D eigenvalue weighted by Gasteiger charge is 2.37. The third-order valence-electron chi connectivity index (χ3n) is 4.26. The van der Waals surface area contributed by atoms with Crippen LogP contribution in [-0.2, 0) is 0 Å². The van der Waals surface area contributed by atoms with Crippen molar-refractivity contribution in [3.63, 3.8) is 0 Å². The Kier molecular flexibility index (Phi) is 4.10. The van der Waals surface area contributed by atoms with E-state index in [4.69, 9.17) is 0 Å². The normalized spacial score (nSPS) is 28.1. The molecule has 1 aromatic carbocycles. The highest BCUT2D eigenvalue weighted by Crippen LogP contribution is 2.45. The summed E-state index contributed by atoms with van der Waals surface area (Å²) in [6.07, 6.45) is 11.1. The Morgan fingerprint density at radius 2 is 1.90 bits per heavy atom. The molecular formula is C18H24N2. The van der Waals surface area contributed by atoms with Gasteiger partial charge in [0.1, 0.15) is 0 Å². The van der Waals surface area contributed by atoms with Gasteiger partial charge in [0.25, 0.3) is 0 Å². The molecule has 1 heterocycles. The van der Waals surface area contributed by atoms with Crippen molar-refractivity contribution in [1.29, 1.82) is 0 Å². The number of anilines is 2. The first-order chi connectivity index (χ1) is 9.84. The smallest absolute Gasteiger partial charge is 0.0617 e. The van der Waals surface area contributed by atoms with Gasteiger partial charge in [0, 0.05) is 18.2 Å². The van der Waals surface area contributed by atoms with E-state index >= 15 is 0 Å². The van der Waals surface area contributed by atoms with Gasteiger partial charge >= 0.3 is 0 Å². The van der Waals surface area contributed by atoms with E-state index in [1.54, 1.807) is 0 Å². The molecule has 3 rings (SSSR count). The first-order valence-corrected chi connectivity index (χ1v) is 7.80. The van der Waals surface area contributed by atoms with E-state index in [9.17, 15) is 0 Å². The van der Waals surface area contributed by atoms with Gasteiger partial charge in [0.2, 0.25) is 0 Å². The van der Waals surface area contributed by atoms with Gasteiger partial charge in [-0.25, -0.2) is 0 Å². The second-order valence-electron chi connectivity index (χ2n) is 5.91. The lowest BCUT2D eigenvalue weighted by Gasteiger charge is -2.15. The first-order valence-electron chi connectivity index (χ1n) is 7.80. The summed E-state index contributed by atoms with van der Waals surface area (Å²) in [6, 6.07) is 8.44. The number of allylic oxidation sites excluding steroid dienone is 3. The van der Waals surface area contributed by atoms with E-state index in [-0.39, 0.29) is 0 Å². The summed E-state index contributed by atoms with van der Waals surface area (Å²) < 4.78 is 0. The number of fused-ring (bicyclic) bond motifs is 2. The molecule has 1 unspecified atom stereocenters. The standard InChI is InChI=1S/C18H24N2/c1-14-16-13-15(16)9-5-3-2-4-8-12-19-17-10-6-7-11-18(17)20-14/h5-7,9-11,15-16,19-20H,1-4,8,12-13H2/b9-5-/t15?,16-/m1/s1. The largest absolute Gasteiger partial charge is 0.383 e. The Labute approximate surface area is 122 Å². The van der Waals surface area contributed by atoms with Crippen molar-refractivity contribution in [2.45, 2.75) is 32.1 Å². The van der Waals surface area contributed by atoms with Crippen LogP contribution < -0.4 is 10.6 Å². The Hall–Kier alpha value is -1.70. The first kappa shape index (κ1) is 13.3. The van der Waals surface area contributed by atoms with Crippen LogP contribution in [0.4, 0.5) is 11.4 Å². The summed E-state index contributed by atoms with van der Waals surface area (Å²) in [5, 5.41) is 7.06. The fourth-order valence-electron chi connectivity index (χ4n) is 2.90. The molecule has 2 N–H and O–H groups in total. The molecule has 2 heteroatoms. The average Bonchev–Trinajstić information content (AvgIpc) is 3.22. The molecule has 0 radical (unpaired) electrons. The van der Waals surface area contributed by atoms with Crippen LogP contribution in [-0.4, -0.2) is 6.54 Å². The molecule has 1 aliphatic heterocycles. The van der Waals surface area contributed by atoms with E-state index in [1.807, 2.05) is 0 Å². The van der Waals surface area contributed by atoms with Crippen molar-refractivity contribution >= 4 is 11.4 Å². The van der Waals surface area contributed by atoms with Crippen LogP contribution in [0.1, 0.15) is 32.1 Å². The summed E-state index contributed by atoms with van der Waals surface area (Å²) in [5.74, 6) is 1.32. The third-order valence-corrected chi connectivity index (χ3v) is 4.26. The van der Waals surface area contributed by atoms with Crippen LogP contribution in [0.15, 0.2) is 48.7 Å². The molecule has 2 nitrogen and oxygen atoms in total. The molecule has 2 aliphatic rings. The monoisotopic (exact) mass is 268 g/mol. The lowest BCUT2D eigenvalue weighted by atomic mass is 10.1. The van der Waals surface area contributed by atoms with Crippen LogP contribution in [0.2, 0.25) is 0 Å². The van der Waals surface area contributed by atoms with Crippen LogP contribution in [0.5, 0.6) is 0 Å². The maximum atomic E-state index is 4.23. The molecule has 1 saturated carbocycles. The second kappa shape index (κ2) is 6.17. The summed E-state index contributed by atoms with van der Waals surface area (Å²) in [7, 11) is 0. The third kappa shape index (κ3) is 3.24. The molecule has 1 aromatic rings. The average molecular weight is 268 g/mol. The lowest BCUT2D eigenvalue weighted by Crippen LogP contribution is -2.07. The molecule has 1 fully saturated rings. The van der Waals surface area contributed by atoms with Gasteiger partial charge in [0.15, 0.2) is 0 Å². The Morgan fingerprint density at radius 1 is 1.05 bits per heavy atom. The molecule has 2 atom stereocenters. The summed E-state index contributed by atoms with van der Waals surface area (Å²) in [4.78, 5) is 0. The SMILES string of the molecule is C=C1Nc2ccccc2NCCCCC/C=C\C2C[C@H]12. The minimum atomic E-state index is 0.613. The van der Waals surface area contributed by atoms with E-state index < -0.39 is 0 Å². The minimum absolute atomic E-state index is 0.613. The van der Waals surface area contributed by atoms with E-state index in [1.165, 1.54) is 37.8 Å². The zero-order valence-corrected chi connectivity index (χ0v) is 12.1. The molecule has 20 heavy (non-hydrogen) atoms. The maximum absolute atomic E-state index is 4.23. The number of hydrogen-bond donors (Lipinski definition) is 2. The molecule has 106 valence electrons. The quantitative estimate of drug-likeness (QED) is 0.661. The van der Waals surface area contributed by atoms with Crippen LogP contribution in [0.25, 0.3) is 0 Å². The Balaban J connectivity index is 1.74. The number of para-hydroxylation sites is 2. The number of hydrogen-bond acceptors (Lipinski definition) is 2. The van der Waals surface area contributed by atoms with E-state index in [0.717, 1.165) is 17.9 Å². The zero-order valence-electron chi connectivity index (χ0n) is 12.1. The van der Waals surface area contributed by atoms with E-state index in [0.29, 0.717) is 11.8 Å². The summed E-state index contributed by atoms with van der Waals surface area (Å²) in [6.45, 7) is 5.28. The predicted molar refractivity (Wildman–Crippen MR) is 86.9 cm³/mol. The van der Waals surface area contributed by atoms with Crippen LogP contribution >= 0.6 is 0 Å². The highest BCUT2D eigenvalue weighted by molar-refractivity contribution is 5.70. The molecule has 0 amide bonds. The van der Waals surface area contributed by atoms with Crippen molar-refractivity contribution < 1.29 is 0 Å². The highest BCUT2D eigenvalue weighted by atomic mass is 15.0. The molecule has 0 aromatic heterocycles. The van der Waals surface area contributed by atoms with Gasteiger partial charge < -0.3 is 10.6 Å². The molecule has 0 bridgehead atoms. The zero-order chi connectivity index (χ0) is 13.8. The van der Waals surface area contributed by atoms with Crippen molar-refractivity contribution in [3.8, 4) is 0 Å². The molecule has 0 saturated heterocycles. The molecule has 1 aliphatic carbocycles. The predicted octanol–water partition coefficient (Wildman–Crippen LogP) is 4.79. The van der Waals surface area contributed by atoms with Crippen LogP contribution in [0, 0.1) is 11.8 Å². The van der Waals surface area contributed by atoms with Crippen molar-refractivity contribution in [3.05, 3.63) is 48.7 Å². The van der Waals surface area contributed by atoms with Crippen molar-refractivity contribution in [2.75, 3.05) is 17.2 Å². The maximum Gasteiger partial charge on any atom is 0.0617 e.